The maximum atomic E-state index is 14.8. The number of likely N-dealkylation sites (N-methyl/N-ethyl adjacent to an activating group) is 2. The SMILES string of the molecule is C=CC(=O)N1CCOC2(CCN(C(=O)N(C)[C@H](C(=O)N[C@H]3Cc4nc(cs4)-c4ccc5c(c4)c(c(-c4cc(N6CCN(C)CC6)cnc4[C@H](C)OC)n5CC)CC(C)(C)COC(=O)[C@@H]4CCCN(N4)C3=O)C(C)C)CC2)C1. The molecule has 1 spiro atoms. The predicted octanol–water partition coefficient (Wildman–Crippen LogP) is 5.91. The van der Waals surface area contributed by atoms with E-state index >= 15 is 0 Å². The Morgan fingerprint density at radius 1 is 1.04 bits per heavy atom. The monoisotopic (exact) mass is 1080 g/mol. The first kappa shape index (κ1) is 55.8. The van der Waals surface area contributed by atoms with Crippen LogP contribution >= 0.6 is 11.3 Å². The number of hydrogen-bond donors (Lipinski definition) is 2. The fourth-order valence-corrected chi connectivity index (χ4v) is 12.8. The third-order valence-corrected chi connectivity index (χ3v) is 17.3. The van der Waals surface area contributed by atoms with E-state index in [0.717, 1.165) is 76.5 Å². The highest BCUT2D eigenvalue weighted by Gasteiger charge is 2.44. The number of cyclic esters (lactones) is 1. The Labute approximate surface area is 457 Å². The van der Waals surface area contributed by atoms with Gasteiger partial charge in [0.2, 0.25) is 11.8 Å². The second-order valence-electron chi connectivity index (χ2n) is 22.8. The van der Waals surface area contributed by atoms with Crippen molar-refractivity contribution in [3.63, 3.8) is 0 Å². The van der Waals surface area contributed by atoms with Crippen molar-refractivity contribution in [1.29, 1.82) is 0 Å². The highest BCUT2D eigenvalue weighted by atomic mass is 32.1. The van der Waals surface area contributed by atoms with Gasteiger partial charge in [-0.15, -0.1) is 11.3 Å². The molecule has 4 saturated heterocycles. The summed E-state index contributed by atoms with van der Waals surface area (Å²) in [7, 11) is 5.50. The number of carbonyl (C=O) groups is 5. The molecule has 5 amide bonds. The molecule has 0 unspecified atom stereocenters. The Balaban J connectivity index is 1.04. The number of aryl methyl sites for hydroxylation is 1. The van der Waals surface area contributed by atoms with Crippen LogP contribution in [-0.2, 0) is 52.8 Å². The van der Waals surface area contributed by atoms with Crippen molar-refractivity contribution in [1.82, 2.24) is 49.9 Å². The van der Waals surface area contributed by atoms with Crippen molar-refractivity contribution in [2.75, 3.05) is 98.2 Å². The second-order valence-corrected chi connectivity index (χ2v) is 23.8. The number of methoxy groups -OCH3 is 1. The van der Waals surface area contributed by atoms with Gasteiger partial charge in [-0.25, -0.2) is 15.2 Å². The Bertz CT molecular complexity index is 2850. The van der Waals surface area contributed by atoms with Crippen LogP contribution in [0.4, 0.5) is 10.5 Å². The maximum Gasteiger partial charge on any atom is 0.324 e. The van der Waals surface area contributed by atoms with Crippen molar-refractivity contribution >= 4 is 57.6 Å². The lowest BCUT2D eigenvalue weighted by Gasteiger charge is -2.47. The average Bonchev–Trinajstić information content (AvgIpc) is 4.09. The molecule has 6 bridgehead atoms. The lowest BCUT2D eigenvalue weighted by Crippen LogP contribution is -2.63. The minimum atomic E-state index is -1.10. The van der Waals surface area contributed by atoms with Gasteiger partial charge in [0, 0.05) is 112 Å². The number of pyridine rings is 1. The topological polar surface area (TPSA) is 187 Å². The van der Waals surface area contributed by atoms with Crippen LogP contribution in [-0.4, -0.2) is 186 Å². The highest BCUT2D eigenvalue weighted by molar-refractivity contribution is 7.10. The van der Waals surface area contributed by atoms with Crippen molar-refractivity contribution < 1.29 is 38.2 Å². The Hall–Kier alpha value is -5.93. The number of amides is 5. The van der Waals surface area contributed by atoms with Crippen LogP contribution in [0.5, 0.6) is 0 Å². The van der Waals surface area contributed by atoms with Gasteiger partial charge in [-0.1, -0.05) is 40.3 Å². The van der Waals surface area contributed by atoms with E-state index in [1.54, 1.807) is 24.0 Å². The number of likely N-dealkylation sites (tertiary alicyclic amines) is 1. The van der Waals surface area contributed by atoms with Gasteiger partial charge in [-0.3, -0.25) is 29.2 Å². The Morgan fingerprint density at radius 3 is 2.49 bits per heavy atom. The number of morpholine rings is 1. The van der Waals surface area contributed by atoms with Gasteiger partial charge in [0.1, 0.15) is 18.1 Å². The van der Waals surface area contributed by atoms with Crippen LogP contribution in [0.25, 0.3) is 33.4 Å². The van der Waals surface area contributed by atoms with Crippen molar-refractivity contribution in [3.05, 3.63) is 64.8 Å². The Kier molecular flexibility index (Phi) is 16.8. The number of nitrogens with one attached hydrogen (secondary N) is 2. The van der Waals surface area contributed by atoms with Gasteiger partial charge in [0.05, 0.1) is 65.4 Å². The number of hydrazine groups is 1. The molecule has 0 aliphatic carbocycles. The molecule has 4 aromatic rings. The number of piperazine rings is 1. The molecule has 5 aliphatic heterocycles. The minimum absolute atomic E-state index is 0.0692. The molecule has 4 atom stereocenters. The van der Waals surface area contributed by atoms with E-state index in [4.69, 9.17) is 24.2 Å². The first-order valence-electron chi connectivity index (χ1n) is 27.5. The Morgan fingerprint density at radius 2 is 1.79 bits per heavy atom. The molecule has 77 heavy (non-hydrogen) atoms. The largest absolute Gasteiger partial charge is 0.464 e. The molecule has 4 fully saturated rings. The first-order valence-corrected chi connectivity index (χ1v) is 28.4. The normalized spacial score (nSPS) is 22.2. The molecular formula is C57H79N11O8S. The van der Waals surface area contributed by atoms with Crippen LogP contribution in [0.3, 0.4) is 0 Å². The zero-order valence-corrected chi connectivity index (χ0v) is 47.4. The van der Waals surface area contributed by atoms with E-state index in [2.05, 4.69) is 83.8 Å². The van der Waals surface area contributed by atoms with E-state index in [9.17, 15) is 24.0 Å². The number of esters is 1. The van der Waals surface area contributed by atoms with E-state index in [1.165, 1.54) is 27.3 Å². The molecule has 0 radical (unpaired) electrons. The minimum Gasteiger partial charge on any atom is -0.464 e. The number of benzene rings is 1. The number of rotatable bonds is 10. The molecular weight excluding hydrogens is 999 g/mol. The van der Waals surface area contributed by atoms with Gasteiger partial charge >= 0.3 is 12.0 Å². The molecule has 5 aliphatic rings. The third kappa shape index (κ3) is 11.8. The summed E-state index contributed by atoms with van der Waals surface area (Å²) in [4.78, 5) is 90.5. The van der Waals surface area contributed by atoms with Gasteiger partial charge in [0.25, 0.3) is 5.91 Å². The summed E-state index contributed by atoms with van der Waals surface area (Å²) in [6.07, 6.45) is 5.70. The zero-order valence-electron chi connectivity index (χ0n) is 46.6. The molecule has 20 heteroatoms. The van der Waals surface area contributed by atoms with Gasteiger partial charge in [-0.2, -0.15) is 0 Å². The summed E-state index contributed by atoms with van der Waals surface area (Å²) in [6, 6.07) is 5.59. The summed E-state index contributed by atoms with van der Waals surface area (Å²) in [5.41, 5.74) is 9.84. The van der Waals surface area contributed by atoms with Crippen LogP contribution in [0.2, 0.25) is 0 Å². The first-order chi connectivity index (χ1) is 36.8. The number of hydrogen-bond acceptors (Lipinski definition) is 14. The molecule has 3 aromatic heterocycles. The smallest absolute Gasteiger partial charge is 0.324 e. The van der Waals surface area contributed by atoms with Gasteiger partial charge in [-0.05, 0) is 88.8 Å². The quantitative estimate of drug-likeness (QED) is 0.141. The van der Waals surface area contributed by atoms with Crippen molar-refractivity contribution in [2.24, 2.45) is 11.3 Å². The van der Waals surface area contributed by atoms with Crippen molar-refractivity contribution in [2.45, 2.75) is 116 Å². The van der Waals surface area contributed by atoms with E-state index in [1.807, 2.05) is 32.3 Å². The second kappa shape index (κ2) is 23.2. The maximum absolute atomic E-state index is 14.8. The summed E-state index contributed by atoms with van der Waals surface area (Å²) < 4.78 is 20.8. The zero-order chi connectivity index (χ0) is 54.9. The number of piperidine rings is 1. The standard InChI is InChI=1S/C57H79N11O8S/c1-11-48(69)66-26-27-76-57(34-66)17-20-65(21-18-57)55(73)63(9)50(36(3)4)52(70)60-44-30-47-59-45(33-77-47)38-15-16-46-40(28-38)42(31-56(6,7)35-75-54(72)43-14-13-19-68(61-43)53(44)71)51(67(46)12-2)41-29-39(32-58-49(41)37(5)74-10)64-24-22-62(8)23-25-64/h11,15-16,28-29,32-33,36-37,43-44,50,61H,1,12-14,17-27,30-31,34-35H2,2-10H3,(H,60,70)/t37-,43-,44-,50-/m0/s1. The van der Waals surface area contributed by atoms with Crippen LogP contribution < -0.4 is 15.6 Å². The number of fused-ring (bicyclic) bond motifs is 6. The molecule has 0 saturated carbocycles. The summed E-state index contributed by atoms with van der Waals surface area (Å²) >= 11 is 1.42. The number of carbonyl (C=O) groups excluding carboxylic acids is 5. The molecule has 8 heterocycles. The highest BCUT2D eigenvalue weighted by Crippen LogP contribution is 2.43. The molecule has 19 nitrogen and oxygen atoms in total. The van der Waals surface area contributed by atoms with Crippen LogP contribution in [0, 0.1) is 11.3 Å². The van der Waals surface area contributed by atoms with E-state index in [0.29, 0.717) is 83.0 Å². The number of thiazole rings is 1. The summed E-state index contributed by atoms with van der Waals surface area (Å²) in [6.45, 7) is 22.8. The summed E-state index contributed by atoms with van der Waals surface area (Å²) in [5.74, 6) is -1.82. The number of urea groups is 1. The summed E-state index contributed by atoms with van der Waals surface area (Å²) in [5, 5.41) is 8.20. The van der Waals surface area contributed by atoms with Gasteiger partial charge < -0.3 is 48.6 Å². The predicted molar refractivity (Wildman–Crippen MR) is 297 cm³/mol. The van der Waals surface area contributed by atoms with E-state index < -0.39 is 46.9 Å². The van der Waals surface area contributed by atoms with Gasteiger partial charge in [0.15, 0.2) is 0 Å². The molecule has 2 N–H and O–H groups in total. The average molecular weight is 1080 g/mol. The van der Waals surface area contributed by atoms with Crippen molar-refractivity contribution in [3.8, 4) is 22.5 Å². The fraction of sp³-hybridized carbons (Fsp3) is 0.596. The number of nitrogens with zero attached hydrogens (tertiary/aromatic N) is 9. The lowest BCUT2D eigenvalue weighted by molar-refractivity contribution is -0.155. The number of ether oxygens (including phenoxy) is 3. The number of anilines is 1. The van der Waals surface area contributed by atoms with Crippen LogP contribution in [0.15, 0.2) is 48.5 Å². The fourth-order valence-electron chi connectivity index (χ4n) is 11.9. The molecule has 1 aromatic carbocycles. The molecule has 416 valence electrons. The lowest BCUT2D eigenvalue weighted by atomic mass is 9.84. The third-order valence-electron chi connectivity index (χ3n) is 16.4. The van der Waals surface area contributed by atoms with E-state index in [-0.39, 0.29) is 37.0 Å². The van der Waals surface area contributed by atoms with Crippen LogP contribution in [0.1, 0.15) is 89.6 Å². The molecule has 9 rings (SSSR count). The number of aromatic nitrogens is 3.